The number of H-pyrrole nitrogens is 1. The second-order valence-electron chi connectivity index (χ2n) is 4.61. The molecule has 0 aromatic carbocycles. The molecule has 0 spiro atoms. The van der Waals surface area contributed by atoms with Crippen LogP contribution in [-0.2, 0) is 13.6 Å². The summed E-state index contributed by atoms with van der Waals surface area (Å²) in [6.07, 6.45) is 1.44. The molecule has 0 saturated carbocycles. The molecule has 0 aliphatic rings. The zero-order chi connectivity index (χ0) is 14.0. The lowest BCUT2D eigenvalue weighted by Crippen LogP contribution is -3.11. The molecular weight excluding hydrogens is 246 g/mol. The molecule has 0 aliphatic heterocycles. The van der Waals surface area contributed by atoms with Crippen molar-refractivity contribution in [2.45, 2.75) is 20.4 Å². The molecule has 0 radical (unpaired) electrons. The summed E-state index contributed by atoms with van der Waals surface area (Å²) < 4.78 is 2.69. The van der Waals surface area contributed by atoms with Gasteiger partial charge in [-0.25, -0.2) is 9.78 Å². The summed E-state index contributed by atoms with van der Waals surface area (Å²) in [5.41, 5.74) is 0.191. The second-order valence-corrected chi connectivity index (χ2v) is 4.61. The number of nitrogens with one attached hydrogen (secondary N) is 2. The summed E-state index contributed by atoms with van der Waals surface area (Å²) in [4.78, 5) is 32.5. The van der Waals surface area contributed by atoms with Gasteiger partial charge in [0.15, 0.2) is 5.65 Å². The van der Waals surface area contributed by atoms with Crippen LogP contribution in [0.15, 0.2) is 15.9 Å². The van der Waals surface area contributed by atoms with Crippen LogP contribution < -0.4 is 16.1 Å². The minimum Gasteiger partial charge on any atom is -0.339 e. The Balaban J connectivity index is 2.43. The van der Waals surface area contributed by atoms with E-state index in [0.29, 0.717) is 17.7 Å². The van der Waals surface area contributed by atoms with Crippen LogP contribution >= 0.6 is 0 Å². The quantitative estimate of drug-likeness (QED) is 0.680. The van der Waals surface area contributed by atoms with Gasteiger partial charge in [-0.2, -0.15) is 0 Å². The Kier molecular flexibility index (Phi) is 3.84. The van der Waals surface area contributed by atoms with E-state index in [4.69, 9.17) is 0 Å². The van der Waals surface area contributed by atoms with E-state index in [1.165, 1.54) is 20.4 Å². The van der Waals surface area contributed by atoms with Crippen LogP contribution in [0.5, 0.6) is 0 Å². The number of aryl methyl sites for hydroxylation is 1. The van der Waals surface area contributed by atoms with Gasteiger partial charge in [-0.05, 0) is 13.8 Å². The van der Waals surface area contributed by atoms with Crippen LogP contribution in [0.1, 0.15) is 13.8 Å². The Morgan fingerprint density at radius 1 is 1.32 bits per heavy atom. The van der Waals surface area contributed by atoms with E-state index >= 15 is 0 Å². The number of nitrogens with zero attached hydrogens (tertiary/aromatic N) is 3. The predicted octanol–water partition coefficient (Wildman–Crippen LogP) is -1.65. The van der Waals surface area contributed by atoms with E-state index in [1.807, 2.05) is 0 Å². The first-order chi connectivity index (χ1) is 9.10. The summed E-state index contributed by atoms with van der Waals surface area (Å²) in [7, 11) is 1.63. The summed E-state index contributed by atoms with van der Waals surface area (Å²) in [5, 5.41) is 0. The summed E-state index contributed by atoms with van der Waals surface area (Å²) in [5.74, 6) is 0. The number of hydrogen-bond acceptors (Lipinski definition) is 3. The zero-order valence-electron chi connectivity index (χ0n) is 11.6. The lowest BCUT2D eigenvalue weighted by molar-refractivity contribution is -0.897. The van der Waals surface area contributed by atoms with Gasteiger partial charge in [-0.3, -0.25) is 13.9 Å². The van der Waals surface area contributed by atoms with Crippen LogP contribution in [0.2, 0.25) is 0 Å². The standard InChI is InChI=1S/C12H19N5O2/c1-4-16(5-2)6-7-17-11(18)9-10(14-8-13-9)15(3)12(17)19/h8H,4-7H2,1-3H3,(H,13,14)/p+1. The van der Waals surface area contributed by atoms with Gasteiger partial charge in [-0.1, -0.05) is 0 Å². The molecule has 2 heterocycles. The Labute approximate surface area is 110 Å². The van der Waals surface area contributed by atoms with E-state index in [-0.39, 0.29) is 11.2 Å². The van der Waals surface area contributed by atoms with Gasteiger partial charge in [0, 0.05) is 7.05 Å². The van der Waals surface area contributed by atoms with Crippen LogP contribution in [-0.4, -0.2) is 38.7 Å². The van der Waals surface area contributed by atoms with Crippen molar-refractivity contribution in [1.29, 1.82) is 0 Å². The maximum Gasteiger partial charge on any atom is 0.332 e. The average Bonchev–Trinajstić information content (AvgIpc) is 2.90. The number of rotatable bonds is 5. The van der Waals surface area contributed by atoms with Crippen molar-refractivity contribution in [2.75, 3.05) is 19.6 Å². The molecule has 0 unspecified atom stereocenters. The third kappa shape index (κ3) is 2.33. The van der Waals surface area contributed by atoms with E-state index in [1.54, 1.807) is 7.05 Å². The van der Waals surface area contributed by atoms with E-state index in [9.17, 15) is 9.59 Å². The molecule has 0 aliphatic carbocycles. The third-order valence-electron chi connectivity index (χ3n) is 3.60. The maximum atomic E-state index is 12.2. The van der Waals surface area contributed by atoms with Crippen LogP contribution in [0.3, 0.4) is 0 Å². The molecule has 0 saturated heterocycles. The van der Waals surface area contributed by atoms with Crippen molar-refractivity contribution in [3.8, 4) is 0 Å². The van der Waals surface area contributed by atoms with Crippen LogP contribution in [0, 0.1) is 0 Å². The molecule has 104 valence electrons. The Hall–Kier alpha value is -1.89. The minimum atomic E-state index is -0.309. The molecule has 2 rings (SSSR count). The van der Waals surface area contributed by atoms with Crippen molar-refractivity contribution in [2.24, 2.45) is 7.05 Å². The van der Waals surface area contributed by atoms with Crippen LogP contribution in [0.4, 0.5) is 0 Å². The van der Waals surface area contributed by atoms with Crippen molar-refractivity contribution in [3.63, 3.8) is 0 Å². The van der Waals surface area contributed by atoms with Crippen molar-refractivity contribution in [1.82, 2.24) is 19.1 Å². The average molecular weight is 266 g/mol. The lowest BCUT2D eigenvalue weighted by atomic mass is 10.4. The smallest absolute Gasteiger partial charge is 0.332 e. The molecule has 2 aromatic heterocycles. The highest BCUT2D eigenvalue weighted by Gasteiger charge is 2.14. The predicted molar refractivity (Wildman–Crippen MR) is 72.5 cm³/mol. The number of quaternary nitrogens is 1. The number of imidazole rings is 1. The van der Waals surface area contributed by atoms with Gasteiger partial charge in [0.2, 0.25) is 0 Å². The molecule has 0 amide bonds. The van der Waals surface area contributed by atoms with Gasteiger partial charge in [0.25, 0.3) is 5.56 Å². The normalized spacial score (nSPS) is 11.6. The first-order valence-electron chi connectivity index (χ1n) is 6.56. The van der Waals surface area contributed by atoms with Gasteiger partial charge < -0.3 is 9.88 Å². The highest BCUT2D eigenvalue weighted by molar-refractivity contribution is 5.68. The first-order valence-corrected chi connectivity index (χ1v) is 6.56. The van der Waals surface area contributed by atoms with Crippen molar-refractivity contribution in [3.05, 3.63) is 27.2 Å². The fourth-order valence-corrected chi connectivity index (χ4v) is 2.26. The highest BCUT2D eigenvalue weighted by atomic mass is 16.2. The zero-order valence-corrected chi connectivity index (χ0v) is 11.6. The van der Waals surface area contributed by atoms with E-state index < -0.39 is 0 Å². The molecule has 7 nitrogen and oxygen atoms in total. The number of aromatic amines is 1. The SMILES string of the molecule is CC[NH+](CC)CCn1c(=O)c2[nH]cnc2n(C)c1=O. The first kappa shape index (κ1) is 13.5. The second kappa shape index (κ2) is 5.40. The number of hydrogen-bond donors (Lipinski definition) is 2. The molecule has 19 heavy (non-hydrogen) atoms. The minimum absolute atomic E-state index is 0.290. The Bertz CT molecular complexity index is 677. The van der Waals surface area contributed by atoms with Crippen LogP contribution in [0.25, 0.3) is 11.2 Å². The van der Waals surface area contributed by atoms with Crippen molar-refractivity contribution >= 4 is 11.2 Å². The van der Waals surface area contributed by atoms with Gasteiger partial charge in [0.05, 0.1) is 32.5 Å². The maximum absolute atomic E-state index is 12.2. The molecule has 7 heteroatoms. The summed E-state index contributed by atoms with van der Waals surface area (Å²) in [6, 6.07) is 0. The number of likely N-dealkylation sites (N-methyl/N-ethyl adjacent to an activating group) is 1. The summed E-state index contributed by atoms with van der Waals surface area (Å²) >= 11 is 0. The Morgan fingerprint density at radius 3 is 2.63 bits per heavy atom. The molecule has 0 bridgehead atoms. The largest absolute Gasteiger partial charge is 0.339 e. The van der Waals surface area contributed by atoms with Crippen molar-refractivity contribution < 1.29 is 4.90 Å². The fourth-order valence-electron chi connectivity index (χ4n) is 2.26. The van der Waals surface area contributed by atoms with Gasteiger partial charge in [-0.15, -0.1) is 0 Å². The molecule has 2 aromatic rings. The monoisotopic (exact) mass is 266 g/mol. The molecule has 2 N–H and O–H groups in total. The van der Waals surface area contributed by atoms with E-state index in [0.717, 1.165) is 19.6 Å². The van der Waals surface area contributed by atoms with Gasteiger partial charge in [0.1, 0.15) is 5.52 Å². The number of aromatic nitrogens is 4. The fraction of sp³-hybridized carbons (Fsp3) is 0.583. The molecular formula is C12H20N5O2+. The number of fused-ring (bicyclic) bond motifs is 1. The lowest BCUT2D eigenvalue weighted by Gasteiger charge is -2.15. The third-order valence-corrected chi connectivity index (χ3v) is 3.60. The van der Waals surface area contributed by atoms with Gasteiger partial charge >= 0.3 is 5.69 Å². The Morgan fingerprint density at radius 2 is 2.00 bits per heavy atom. The molecule has 0 atom stereocenters. The topological polar surface area (TPSA) is 77.1 Å². The summed E-state index contributed by atoms with van der Waals surface area (Å²) in [6.45, 7) is 7.35. The van der Waals surface area contributed by atoms with E-state index in [2.05, 4.69) is 23.8 Å². The molecule has 0 fully saturated rings. The highest BCUT2D eigenvalue weighted by Crippen LogP contribution is 1.98.